The summed E-state index contributed by atoms with van der Waals surface area (Å²) in [4.78, 5) is 18.2. The van der Waals surface area contributed by atoms with Crippen LogP contribution in [0.2, 0.25) is 0 Å². The highest BCUT2D eigenvalue weighted by Gasteiger charge is 2.48. The van der Waals surface area contributed by atoms with Gasteiger partial charge in [0.05, 0.1) is 11.0 Å². The molecule has 6 rings (SSSR count). The van der Waals surface area contributed by atoms with Gasteiger partial charge >= 0.3 is 0 Å². The molecule has 1 aromatic carbocycles. The lowest BCUT2D eigenvalue weighted by molar-refractivity contribution is 0.102. The minimum atomic E-state index is -0.178. The van der Waals surface area contributed by atoms with Gasteiger partial charge in [0.2, 0.25) is 0 Å². The second kappa shape index (κ2) is 9.10. The molecule has 0 spiro atoms. The Morgan fingerprint density at radius 1 is 1.24 bits per heavy atom. The number of rotatable bonds is 8. The molecule has 2 aliphatic carbocycles. The highest BCUT2D eigenvalue weighted by Crippen LogP contribution is 2.51. The number of amides is 1. The average molecular weight is 498 g/mol. The molecule has 4 aromatic rings. The van der Waals surface area contributed by atoms with Crippen LogP contribution in [0.25, 0.3) is 5.65 Å². The maximum Gasteiger partial charge on any atom is 0.259 e. The number of hydrogen-bond acceptors (Lipinski definition) is 5. The molecular formula is C29H35N7O. The van der Waals surface area contributed by atoms with E-state index in [1.165, 1.54) is 12.8 Å². The van der Waals surface area contributed by atoms with Gasteiger partial charge in [-0.1, -0.05) is 19.1 Å². The van der Waals surface area contributed by atoms with Gasteiger partial charge in [-0.15, -0.1) is 10.2 Å². The highest BCUT2D eigenvalue weighted by atomic mass is 16.1. The van der Waals surface area contributed by atoms with Crippen LogP contribution in [0.15, 0.2) is 49.1 Å². The van der Waals surface area contributed by atoms with Crippen molar-refractivity contribution < 1.29 is 4.79 Å². The van der Waals surface area contributed by atoms with Crippen molar-refractivity contribution in [1.29, 1.82) is 0 Å². The molecule has 0 aliphatic heterocycles. The van der Waals surface area contributed by atoms with Gasteiger partial charge in [-0.3, -0.25) is 4.79 Å². The molecule has 2 saturated carbocycles. The number of nitrogens with zero attached hydrogens (tertiary/aromatic N) is 5. The molecule has 0 saturated heterocycles. The van der Waals surface area contributed by atoms with Crippen LogP contribution in [0, 0.1) is 18.8 Å². The second-order valence-electron chi connectivity index (χ2n) is 11.3. The van der Waals surface area contributed by atoms with Crippen LogP contribution in [0.5, 0.6) is 0 Å². The standard InChI is InChI=1S/C29H35N7O/c1-18-12-29(13-18,28-34-32-17-35(28)4)23-6-5-7-24(11-23)33-27(37)25-10-21(15-30-20(3)22-8-9-22)16-36-19(2)14-31-26(25)36/h5-7,10-11,14,16-18,20,22,30H,8-9,12-13,15H2,1-4H3,(H,33,37)/t18?,20-,29?/m0/s1. The number of carbonyl (C=O) groups excluding carboxylic acids is 1. The third kappa shape index (κ3) is 4.33. The van der Waals surface area contributed by atoms with Crippen molar-refractivity contribution in [2.75, 3.05) is 5.32 Å². The van der Waals surface area contributed by atoms with Crippen LogP contribution in [-0.2, 0) is 19.0 Å². The van der Waals surface area contributed by atoms with E-state index in [4.69, 9.17) is 0 Å². The summed E-state index contributed by atoms with van der Waals surface area (Å²) in [5.41, 5.74) is 5.09. The average Bonchev–Trinajstić information content (AvgIpc) is 3.54. The van der Waals surface area contributed by atoms with E-state index in [9.17, 15) is 4.79 Å². The second-order valence-corrected chi connectivity index (χ2v) is 11.3. The Kier molecular flexibility index (Phi) is 5.87. The van der Waals surface area contributed by atoms with Crippen molar-refractivity contribution in [1.82, 2.24) is 29.5 Å². The van der Waals surface area contributed by atoms with Crippen molar-refractivity contribution in [2.45, 2.75) is 64.5 Å². The molecule has 2 fully saturated rings. The molecule has 8 nitrogen and oxygen atoms in total. The van der Waals surface area contributed by atoms with Crippen molar-refractivity contribution in [3.05, 3.63) is 77.3 Å². The van der Waals surface area contributed by atoms with Gasteiger partial charge < -0.3 is 19.6 Å². The van der Waals surface area contributed by atoms with Crippen molar-refractivity contribution in [3.63, 3.8) is 0 Å². The fourth-order valence-electron chi connectivity index (χ4n) is 6.05. The van der Waals surface area contributed by atoms with Gasteiger partial charge in [0.25, 0.3) is 5.91 Å². The van der Waals surface area contributed by atoms with Crippen LogP contribution in [0.4, 0.5) is 5.69 Å². The number of anilines is 1. The first-order valence-electron chi connectivity index (χ1n) is 13.3. The van der Waals surface area contributed by atoms with E-state index < -0.39 is 0 Å². The van der Waals surface area contributed by atoms with E-state index in [-0.39, 0.29) is 11.3 Å². The van der Waals surface area contributed by atoms with Gasteiger partial charge in [0.1, 0.15) is 17.8 Å². The molecule has 0 unspecified atom stereocenters. The first kappa shape index (κ1) is 23.9. The van der Waals surface area contributed by atoms with E-state index in [2.05, 4.69) is 58.0 Å². The van der Waals surface area contributed by atoms with Crippen molar-refractivity contribution in [3.8, 4) is 0 Å². The number of aryl methyl sites for hydroxylation is 2. The normalized spacial score (nSPS) is 22.1. The molecule has 0 bridgehead atoms. The van der Waals surface area contributed by atoms with Crippen LogP contribution in [0.3, 0.4) is 0 Å². The van der Waals surface area contributed by atoms with E-state index in [1.807, 2.05) is 47.3 Å². The predicted molar refractivity (Wildman–Crippen MR) is 144 cm³/mol. The largest absolute Gasteiger partial charge is 0.322 e. The first-order valence-corrected chi connectivity index (χ1v) is 13.3. The number of hydrogen-bond donors (Lipinski definition) is 2. The summed E-state index contributed by atoms with van der Waals surface area (Å²) >= 11 is 0. The molecule has 37 heavy (non-hydrogen) atoms. The summed E-state index contributed by atoms with van der Waals surface area (Å²) in [7, 11) is 2.00. The topological polar surface area (TPSA) is 89.1 Å². The third-order valence-electron chi connectivity index (χ3n) is 8.26. The number of benzene rings is 1. The van der Waals surface area contributed by atoms with Gasteiger partial charge in [0, 0.05) is 43.4 Å². The van der Waals surface area contributed by atoms with Crippen LogP contribution in [-0.4, -0.2) is 36.1 Å². The van der Waals surface area contributed by atoms with Crippen LogP contribution >= 0.6 is 0 Å². The van der Waals surface area contributed by atoms with Gasteiger partial charge in [0.15, 0.2) is 0 Å². The van der Waals surface area contributed by atoms with E-state index in [1.54, 1.807) is 6.33 Å². The molecule has 3 heterocycles. The number of imidazole rings is 1. The Morgan fingerprint density at radius 2 is 2.05 bits per heavy atom. The van der Waals surface area contributed by atoms with Gasteiger partial charge in [-0.05, 0) is 80.7 Å². The van der Waals surface area contributed by atoms with Gasteiger partial charge in [-0.25, -0.2) is 4.98 Å². The summed E-state index contributed by atoms with van der Waals surface area (Å²) < 4.78 is 4.03. The molecule has 3 aromatic heterocycles. The highest BCUT2D eigenvalue weighted by molar-refractivity contribution is 6.08. The number of nitrogens with one attached hydrogen (secondary N) is 2. The number of pyridine rings is 1. The van der Waals surface area contributed by atoms with Crippen molar-refractivity contribution >= 4 is 17.2 Å². The summed E-state index contributed by atoms with van der Waals surface area (Å²) in [6.45, 7) is 7.25. The fourth-order valence-corrected chi connectivity index (χ4v) is 6.05. The molecule has 1 atom stereocenters. The molecule has 8 heteroatoms. The zero-order chi connectivity index (χ0) is 25.7. The Labute approximate surface area is 217 Å². The zero-order valence-corrected chi connectivity index (χ0v) is 22.0. The number of aromatic nitrogens is 5. The molecular weight excluding hydrogens is 462 g/mol. The lowest BCUT2D eigenvalue weighted by atomic mass is 9.58. The number of carbonyl (C=O) groups is 1. The smallest absolute Gasteiger partial charge is 0.259 e. The molecule has 0 radical (unpaired) electrons. The fraction of sp³-hybridized carbons (Fsp3) is 0.448. The summed E-state index contributed by atoms with van der Waals surface area (Å²) in [6.07, 6.45) is 10.3. The summed E-state index contributed by atoms with van der Waals surface area (Å²) in [6, 6.07) is 10.7. The molecule has 1 amide bonds. The Balaban J connectivity index is 1.28. The Hall–Kier alpha value is -3.52. The Morgan fingerprint density at radius 3 is 2.76 bits per heavy atom. The zero-order valence-electron chi connectivity index (χ0n) is 22.0. The third-order valence-corrected chi connectivity index (χ3v) is 8.26. The van der Waals surface area contributed by atoms with E-state index in [0.717, 1.165) is 53.6 Å². The lowest BCUT2D eigenvalue weighted by Crippen LogP contribution is -2.43. The van der Waals surface area contributed by atoms with Gasteiger partial charge in [-0.2, -0.15) is 0 Å². The quantitative estimate of drug-likeness (QED) is 0.371. The van der Waals surface area contributed by atoms with E-state index in [0.29, 0.717) is 23.2 Å². The predicted octanol–water partition coefficient (Wildman–Crippen LogP) is 4.63. The maximum atomic E-state index is 13.6. The minimum Gasteiger partial charge on any atom is -0.322 e. The molecule has 2 aliphatic rings. The molecule has 192 valence electrons. The maximum absolute atomic E-state index is 13.6. The molecule has 2 N–H and O–H groups in total. The number of fused-ring (bicyclic) bond motifs is 1. The Bertz CT molecular complexity index is 1460. The monoisotopic (exact) mass is 497 g/mol. The van der Waals surface area contributed by atoms with E-state index >= 15 is 0 Å². The van der Waals surface area contributed by atoms with Crippen LogP contribution in [0.1, 0.15) is 72.5 Å². The van der Waals surface area contributed by atoms with Crippen LogP contribution < -0.4 is 10.6 Å². The lowest BCUT2D eigenvalue weighted by Gasteiger charge is -2.46. The summed E-state index contributed by atoms with van der Waals surface area (Å²) in [5.74, 6) is 2.21. The minimum absolute atomic E-state index is 0.153. The first-order chi connectivity index (χ1) is 17.8. The summed E-state index contributed by atoms with van der Waals surface area (Å²) in [5, 5.41) is 15.4. The van der Waals surface area contributed by atoms with Crippen molar-refractivity contribution in [2.24, 2.45) is 18.9 Å². The SMILES string of the molecule is Cc1cnc2c(C(=O)Nc3cccc(C4(c5nncn5C)CC(C)C4)c3)cc(CN[C@@H](C)C3CC3)cn12.